The van der Waals surface area contributed by atoms with Gasteiger partial charge in [-0.15, -0.1) is 0 Å². The lowest BCUT2D eigenvalue weighted by Gasteiger charge is -2.36. The number of nitrogen functional groups attached to an aromatic ring is 1. The van der Waals surface area contributed by atoms with Gasteiger partial charge < -0.3 is 25.8 Å². The van der Waals surface area contributed by atoms with Crippen LogP contribution in [0.25, 0.3) is 0 Å². The van der Waals surface area contributed by atoms with Crippen molar-refractivity contribution in [1.29, 1.82) is 0 Å². The van der Waals surface area contributed by atoms with Gasteiger partial charge in [-0.05, 0) is 38.1 Å². The fraction of sp³-hybridized carbons (Fsp3) is 0.571. The molecule has 5 nitrogen and oxygen atoms in total. The lowest BCUT2D eigenvalue weighted by molar-refractivity contribution is 0.291. The molecule has 1 fully saturated rings. The lowest BCUT2D eigenvalue weighted by Crippen LogP contribution is -2.44. The largest absolute Gasteiger partial charge is 0.495 e. The minimum Gasteiger partial charge on any atom is -0.495 e. The molecule has 0 bridgehead atoms. The van der Waals surface area contributed by atoms with Crippen molar-refractivity contribution in [3.05, 3.63) is 18.2 Å². The highest BCUT2D eigenvalue weighted by Gasteiger charge is 2.21. The summed E-state index contributed by atoms with van der Waals surface area (Å²) in [6.45, 7) is 2.84. The molecular weight excluding hydrogens is 242 g/mol. The van der Waals surface area contributed by atoms with Crippen molar-refractivity contribution in [2.24, 2.45) is 0 Å². The molecule has 0 radical (unpaired) electrons. The van der Waals surface area contributed by atoms with E-state index in [1.54, 1.807) is 7.11 Å². The molecule has 0 saturated carbocycles. The van der Waals surface area contributed by atoms with Crippen LogP contribution in [0.2, 0.25) is 0 Å². The van der Waals surface area contributed by atoms with Crippen LogP contribution in [-0.2, 0) is 0 Å². The summed E-state index contributed by atoms with van der Waals surface area (Å²) in [5, 5.41) is 12.7. The Bertz CT molecular complexity index is 406. The first-order chi connectivity index (χ1) is 9.26. The SMILES string of the molecule is COc1cc(N(CCO)C2CCNCC2)ccc1N. The van der Waals surface area contributed by atoms with Crippen molar-refractivity contribution in [2.45, 2.75) is 18.9 Å². The number of hydrogen-bond acceptors (Lipinski definition) is 5. The fourth-order valence-electron chi connectivity index (χ4n) is 2.63. The summed E-state index contributed by atoms with van der Waals surface area (Å²) < 4.78 is 5.27. The van der Waals surface area contributed by atoms with E-state index >= 15 is 0 Å². The van der Waals surface area contributed by atoms with E-state index in [0.29, 0.717) is 24.0 Å². The van der Waals surface area contributed by atoms with E-state index in [1.807, 2.05) is 18.2 Å². The lowest BCUT2D eigenvalue weighted by atomic mass is 10.0. The number of aliphatic hydroxyl groups is 1. The number of nitrogens with one attached hydrogen (secondary N) is 1. The van der Waals surface area contributed by atoms with Gasteiger partial charge in [0.25, 0.3) is 0 Å². The Morgan fingerprint density at radius 1 is 1.42 bits per heavy atom. The summed E-state index contributed by atoms with van der Waals surface area (Å²) >= 11 is 0. The summed E-state index contributed by atoms with van der Waals surface area (Å²) in [6, 6.07) is 6.27. The number of nitrogens with zero attached hydrogens (tertiary/aromatic N) is 1. The predicted molar refractivity (Wildman–Crippen MR) is 77.7 cm³/mol. The van der Waals surface area contributed by atoms with E-state index in [1.165, 1.54) is 0 Å². The molecule has 0 aliphatic carbocycles. The summed E-state index contributed by atoms with van der Waals surface area (Å²) in [5.41, 5.74) is 7.55. The van der Waals surface area contributed by atoms with Crippen molar-refractivity contribution in [3.8, 4) is 5.75 Å². The smallest absolute Gasteiger partial charge is 0.143 e. The molecule has 0 atom stereocenters. The molecule has 19 heavy (non-hydrogen) atoms. The van der Waals surface area contributed by atoms with E-state index in [4.69, 9.17) is 10.5 Å². The molecule has 2 rings (SSSR count). The maximum absolute atomic E-state index is 9.30. The zero-order valence-corrected chi connectivity index (χ0v) is 11.4. The van der Waals surface area contributed by atoms with Crippen LogP contribution < -0.4 is 20.7 Å². The second-order valence-electron chi connectivity index (χ2n) is 4.82. The summed E-state index contributed by atoms with van der Waals surface area (Å²) in [7, 11) is 1.62. The number of anilines is 2. The first-order valence-corrected chi connectivity index (χ1v) is 6.78. The fourth-order valence-corrected chi connectivity index (χ4v) is 2.63. The first-order valence-electron chi connectivity index (χ1n) is 6.78. The third-order valence-electron chi connectivity index (χ3n) is 3.64. The quantitative estimate of drug-likeness (QED) is 0.688. The molecule has 1 aromatic rings. The van der Waals surface area contributed by atoms with E-state index in [9.17, 15) is 5.11 Å². The number of benzene rings is 1. The Kier molecular flexibility index (Phi) is 4.87. The molecular formula is C14H23N3O2. The average Bonchev–Trinajstić information content (AvgIpc) is 2.46. The maximum atomic E-state index is 9.30. The normalized spacial score (nSPS) is 16.3. The van der Waals surface area contributed by atoms with E-state index in [2.05, 4.69) is 10.2 Å². The van der Waals surface area contributed by atoms with Gasteiger partial charge >= 0.3 is 0 Å². The zero-order valence-electron chi connectivity index (χ0n) is 11.4. The van der Waals surface area contributed by atoms with Gasteiger partial charge in [0.15, 0.2) is 0 Å². The van der Waals surface area contributed by atoms with Gasteiger partial charge in [0.2, 0.25) is 0 Å². The van der Waals surface area contributed by atoms with Gasteiger partial charge in [0, 0.05) is 24.3 Å². The van der Waals surface area contributed by atoms with Crippen LogP contribution in [-0.4, -0.2) is 44.5 Å². The number of aliphatic hydroxyl groups excluding tert-OH is 1. The summed E-state index contributed by atoms with van der Waals surface area (Å²) in [5.74, 6) is 0.689. The first kappa shape index (κ1) is 14.0. The van der Waals surface area contributed by atoms with Crippen molar-refractivity contribution in [1.82, 2.24) is 5.32 Å². The van der Waals surface area contributed by atoms with Crippen molar-refractivity contribution in [2.75, 3.05) is 44.0 Å². The highest BCUT2D eigenvalue weighted by molar-refractivity contribution is 5.62. The van der Waals surface area contributed by atoms with Gasteiger partial charge in [-0.1, -0.05) is 0 Å². The highest BCUT2D eigenvalue weighted by atomic mass is 16.5. The topological polar surface area (TPSA) is 70.8 Å². The molecule has 0 unspecified atom stereocenters. The number of nitrogens with two attached hydrogens (primary N) is 1. The summed E-state index contributed by atoms with van der Waals surface area (Å²) in [4.78, 5) is 2.25. The van der Waals surface area contributed by atoms with Gasteiger partial charge in [-0.25, -0.2) is 0 Å². The number of hydrogen-bond donors (Lipinski definition) is 3. The van der Waals surface area contributed by atoms with Crippen molar-refractivity contribution in [3.63, 3.8) is 0 Å². The van der Waals surface area contributed by atoms with Crippen LogP contribution in [0.5, 0.6) is 5.75 Å². The molecule has 4 N–H and O–H groups in total. The molecule has 1 saturated heterocycles. The maximum Gasteiger partial charge on any atom is 0.143 e. The average molecular weight is 265 g/mol. The minimum absolute atomic E-state index is 0.149. The van der Waals surface area contributed by atoms with Gasteiger partial charge in [-0.3, -0.25) is 0 Å². The number of ether oxygens (including phenoxy) is 1. The van der Waals surface area contributed by atoms with Crippen molar-refractivity contribution >= 4 is 11.4 Å². The Labute approximate surface area is 114 Å². The highest BCUT2D eigenvalue weighted by Crippen LogP contribution is 2.29. The van der Waals surface area contributed by atoms with Crippen molar-refractivity contribution < 1.29 is 9.84 Å². The van der Waals surface area contributed by atoms with Crippen LogP contribution in [0.3, 0.4) is 0 Å². The van der Waals surface area contributed by atoms with Gasteiger partial charge in [0.05, 0.1) is 19.4 Å². The molecule has 1 heterocycles. The van der Waals surface area contributed by atoms with Gasteiger partial charge in [0.1, 0.15) is 5.75 Å². The summed E-state index contributed by atoms with van der Waals surface area (Å²) in [6.07, 6.45) is 2.18. The molecule has 106 valence electrons. The molecule has 0 aromatic heterocycles. The Balaban J connectivity index is 2.22. The second kappa shape index (κ2) is 6.63. The molecule has 1 aliphatic heterocycles. The molecule has 0 amide bonds. The van der Waals surface area contributed by atoms with Crippen LogP contribution in [0.1, 0.15) is 12.8 Å². The van der Waals surface area contributed by atoms with Crippen LogP contribution >= 0.6 is 0 Å². The van der Waals surface area contributed by atoms with E-state index in [0.717, 1.165) is 31.6 Å². The molecule has 1 aliphatic rings. The minimum atomic E-state index is 0.149. The third-order valence-corrected chi connectivity index (χ3v) is 3.64. The van der Waals surface area contributed by atoms with Gasteiger partial charge in [-0.2, -0.15) is 0 Å². The molecule has 0 spiro atoms. The predicted octanol–water partition coefficient (Wildman–Crippen LogP) is 0.828. The van der Waals surface area contributed by atoms with Crippen LogP contribution in [0.4, 0.5) is 11.4 Å². The van der Waals surface area contributed by atoms with E-state index < -0.39 is 0 Å². The number of piperidine rings is 1. The standard InChI is InChI=1S/C14H23N3O2/c1-19-14-10-12(2-3-13(14)15)17(8-9-18)11-4-6-16-7-5-11/h2-3,10-11,16,18H,4-9,15H2,1H3. The Hall–Kier alpha value is -1.46. The Morgan fingerprint density at radius 3 is 2.79 bits per heavy atom. The van der Waals surface area contributed by atoms with Crippen LogP contribution in [0.15, 0.2) is 18.2 Å². The Morgan fingerprint density at radius 2 is 2.16 bits per heavy atom. The zero-order chi connectivity index (χ0) is 13.7. The molecule has 1 aromatic carbocycles. The monoisotopic (exact) mass is 265 g/mol. The second-order valence-corrected chi connectivity index (χ2v) is 4.82. The molecule has 5 heteroatoms. The van der Waals surface area contributed by atoms with E-state index in [-0.39, 0.29) is 6.61 Å². The number of rotatable bonds is 5. The number of methoxy groups -OCH3 is 1. The van der Waals surface area contributed by atoms with Crippen LogP contribution in [0, 0.1) is 0 Å². The third kappa shape index (κ3) is 3.30.